The molecule has 0 saturated carbocycles. The second kappa shape index (κ2) is 4.94. The first-order valence-corrected chi connectivity index (χ1v) is 4.20. The molecule has 1 unspecified atom stereocenters. The van der Waals surface area contributed by atoms with E-state index in [2.05, 4.69) is 0 Å². The Labute approximate surface area is 77.0 Å². The molecule has 0 saturated heterocycles. The van der Waals surface area contributed by atoms with Gasteiger partial charge in [0.15, 0.2) is 6.29 Å². The quantitative estimate of drug-likeness (QED) is 0.657. The van der Waals surface area contributed by atoms with Crippen molar-refractivity contribution in [1.82, 2.24) is 0 Å². The van der Waals surface area contributed by atoms with Gasteiger partial charge in [0, 0.05) is 0 Å². The zero-order valence-corrected chi connectivity index (χ0v) is 7.50. The number of rotatable bonds is 4. The van der Waals surface area contributed by atoms with E-state index in [9.17, 15) is 9.50 Å². The molecule has 0 aliphatic rings. The molecule has 1 rings (SSSR count). The summed E-state index contributed by atoms with van der Waals surface area (Å²) in [6.07, 6.45) is -0.340. The van der Waals surface area contributed by atoms with Crippen LogP contribution in [-0.2, 0) is 16.3 Å². The molecule has 0 aliphatic heterocycles. The second-order valence-electron chi connectivity index (χ2n) is 2.81. The Morgan fingerprint density at radius 1 is 1.38 bits per heavy atom. The van der Waals surface area contributed by atoms with Crippen molar-refractivity contribution in [3.8, 4) is 0 Å². The van der Waals surface area contributed by atoms with Crippen LogP contribution in [0.15, 0.2) is 24.3 Å². The summed E-state index contributed by atoms with van der Waals surface area (Å²) in [5.74, 6) is -0.248. The second-order valence-corrected chi connectivity index (χ2v) is 2.81. The minimum atomic E-state index is -0.986. The normalized spacial score (nSPS) is 12.8. The third-order valence-corrected chi connectivity index (χ3v) is 1.66. The molecule has 0 bridgehead atoms. The van der Waals surface area contributed by atoms with Crippen LogP contribution in [0.25, 0.3) is 0 Å². The molecule has 0 N–H and O–H groups in total. The van der Waals surface area contributed by atoms with Crippen LogP contribution in [0.1, 0.15) is 12.5 Å². The van der Waals surface area contributed by atoms with Gasteiger partial charge in [-0.05, 0) is 31.0 Å². The summed E-state index contributed by atoms with van der Waals surface area (Å²) in [5.41, 5.74) is 0.974. The Bertz CT molecular complexity index is 244. The molecule has 0 aliphatic carbocycles. The van der Waals surface area contributed by atoms with Crippen LogP contribution >= 0.6 is 0 Å². The van der Waals surface area contributed by atoms with Gasteiger partial charge in [0.1, 0.15) is 5.82 Å². The van der Waals surface area contributed by atoms with Crippen LogP contribution in [0.3, 0.4) is 0 Å². The predicted octanol–water partition coefficient (Wildman–Crippen LogP) is 2.16. The monoisotopic (exact) mass is 183 g/mol. The van der Waals surface area contributed by atoms with Crippen molar-refractivity contribution in [2.75, 3.05) is 6.61 Å². The number of ether oxygens (including phenoxy) is 1. The van der Waals surface area contributed by atoms with E-state index in [-0.39, 0.29) is 5.82 Å². The lowest BCUT2D eigenvalue weighted by molar-refractivity contribution is -0.125. The average molecular weight is 183 g/mol. The summed E-state index contributed by atoms with van der Waals surface area (Å²) in [5, 5.41) is 10.5. The maximum absolute atomic E-state index is 12.5. The Balaban J connectivity index is 2.33. The lowest BCUT2D eigenvalue weighted by Gasteiger charge is -2.04. The fourth-order valence-electron chi connectivity index (χ4n) is 0.994. The molecule has 1 aromatic carbocycles. The first-order chi connectivity index (χ1) is 6.18. The van der Waals surface area contributed by atoms with Crippen LogP contribution in [0.2, 0.25) is 0 Å². The van der Waals surface area contributed by atoms with Gasteiger partial charge in [-0.15, -0.1) is 0 Å². The van der Waals surface area contributed by atoms with Gasteiger partial charge in [0.25, 0.3) is 0 Å². The van der Waals surface area contributed by atoms with E-state index in [1.807, 2.05) is 0 Å². The number of hydrogen-bond donors (Lipinski definition) is 0. The maximum atomic E-state index is 12.5. The Kier molecular flexibility index (Phi) is 3.86. The molecule has 3 heteroatoms. The first kappa shape index (κ1) is 10.2. The van der Waals surface area contributed by atoms with Gasteiger partial charge in [-0.25, -0.2) is 9.50 Å². The molecule has 0 heterocycles. The average Bonchev–Trinajstić information content (AvgIpc) is 2.08. The molecule has 2 nitrogen and oxygen atoms in total. The van der Waals surface area contributed by atoms with Crippen molar-refractivity contribution in [2.45, 2.75) is 19.6 Å². The summed E-state index contributed by atoms with van der Waals surface area (Å²) < 4.78 is 17.3. The fraction of sp³-hybridized carbons (Fsp3) is 0.400. The van der Waals surface area contributed by atoms with Gasteiger partial charge in [0.2, 0.25) is 0 Å². The molecule has 0 amide bonds. The summed E-state index contributed by atoms with van der Waals surface area (Å²) in [7, 11) is 0. The van der Waals surface area contributed by atoms with E-state index in [0.717, 1.165) is 5.56 Å². The van der Waals surface area contributed by atoms with Crippen molar-refractivity contribution in [1.29, 1.82) is 0 Å². The predicted molar refractivity (Wildman–Crippen MR) is 46.2 cm³/mol. The molecule has 1 aromatic rings. The topological polar surface area (TPSA) is 29.1 Å². The highest BCUT2D eigenvalue weighted by atomic mass is 19.1. The zero-order chi connectivity index (χ0) is 9.68. The smallest absolute Gasteiger partial charge is 0.188 e. The molecular weight excluding hydrogens is 171 g/mol. The lowest BCUT2D eigenvalue weighted by Crippen LogP contribution is -2.07. The molecule has 0 aromatic heterocycles. The van der Waals surface area contributed by atoms with E-state index >= 15 is 0 Å². The molecular formula is C10H12FO2. The van der Waals surface area contributed by atoms with Gasteiger partial charge in [-0.1, -0.05) is 12.1 Å². The highest BCUT2D eigenvalue weighted by Gasteiger charge is 1.97. The summed E-state index contributed by atoms with van der Waals surface area (Å²) in [4.78, 5) is 0. The van der Waals surface area contributed by atoms with E-state index in [0.29, 0.717) is 13.0 Å². The van der Waals surface area contributed by atoms with Crippen molar-refractivity contribution < 1.29 is 14.2 Å². The summed E-state index contributed by atoms with van der Waals surface area (Å²) in [6, 6.07) is 6.17. The molecule has 71 valence electrons. The molecule has 0 fully saturated rings. The van der Waals surface area contributed by atoms with Crippen molar-refractivity contribution >= 4 is 0 Å². The van der Waals surface area contributed by atoms with Crippen LogP contribution < -0.4 is 0 Å². The molecule has 1 radical (unpaired) electrons. The van der Waals surface area contributed by atoms with Gasteiger partial charge < -0.3 is 4.74 Å². The SMILES string of the molecule is CC([O])OCCc1ccc(F)cc1. The van der Waals surface area contributed by atoms with Crippen LogP contribution in [0, 0.1) is 5.82 Å². The van der Waals surface area contributed by atoms with Crippen LogP contribution in [0.5, 0.6) is 0 Å². The molecule has 0 spiro atoms. The van der Waals surface area contributed by atoms with Gasteiger partial charge >= 0.3 is 0 Å². The first-order valence-electron chi connectivity index (χ1n) is 4.20. The van der Waals surface area contributed by atoms with Gasteiger partial charge in [-0.2, -0.15) is 0 Å². The van der Waals surface area contributed by atoms with E-state index in [4.69, 9.17) is 4.74 Å². The standard InChI is InChI=1S/C10H12FO2/c1-8(12)13-7-6-9-2-4-10(11)5-3-9/h2-5,8H,6-7H2,1H3. The summed E-state index contributed by atoms with van der Waals surface area (Å²) in [6.45, 7) is 1.83. The van der Waals surface area contributed by atoms with Crippen LogP contribution in [-0.4, -0.2) is 12.9 Å². The minimum absolute atomic E-state index is 0.248. The Morgan fingerprint density at radius 2 is 2.00 bits per heavy atom. The number of halogens is 1. The third-order valence-electron chi connectivity index (χ3n) is 1.66. The van der Waals surface area contributed by atoms with Crippen LogP contribution in [0.4, 0.5) is 4.39 Å². The van der Waals surface area contributed by atoms with E-state index in [1.54, 1.807) is 12.1 Å². The number of benzene rings is 1. The molecule has 13 heavy (non-hydrogen) atoms. The zero-order valence-electron chi connectivity index (χ0n) is 7.50. The molecule has 1 atom stereocenters. The van der Waals surface area contributed by atoms with Gasteiger partial charge in [0.05, 0.1) is 6.61 Å². The Hall–Kier alpha value is -0.930. The van der Waals surface area contributed by atoms with E-state index < -0.39 is 6.29 Å². The van der Waals surface area contributed by atoms with Crippen molar-refractivity contribution in [3.05, 3.63) is 35.6 Å². The van der Waals surface area contributed by atoms with Crippen molar-refractivity contribution in [3.63, 3.8) is 0 Å². The minimum Gasteiger partial charge on any atom is -0.350 e. The Morgan fingerprint density at radius 3 is 2.54 bits per heavy atom. The summed E-state index contributed by atoms with van der Waals surface area (Å²) >= 11 is 0. The third kappa shape index (κ3) is 4.01. The largest absolute Gasteiger partial charge is 0.350 e. The fourth-order valence-corrected chi connectivity index (χ4v) is 0.994. The lowest BCUT2D eigenvalue weighted by atomic mass is 10.2. The highest BCUT2D eigenvalue weighted by molar-refractivity contribution is 5.15. The van der Waals surface area contributed by atoms with E-state index in [1.165, 1.54) is 19.1 Å². The maximum Gasteiger partial charge on any atom is 0.188 e. The highest BCUT2D eigenvalue weighted by Crippen LogP contribution is 2.03. The van der Waals surface area contributed by atoms with Gasteiger partial charge in [-0.3, -0.25) is 0 Å². The van der Waals surface area contributed by atoms with Crippen molar-refractivity contribution in [2.24, 2.45) is 0 Å². The number of hydrogen-bond acceptors (Lipinski definition) is 1.